The van der Waals surface area contributed by atoms with Crippen molar-refractivity contribution in [3.05, 3.63) is 47.3 Å². The van der Waals surface area contributed by atoms with E-state index >= 15 is 0 Å². The van der Waals surface area contributed by atoms with E-state index in [-0.39, 0.29) is 17.5 Å². The summed E-state index contributed by atoms with van der Waals surface area (Å²) < 4.78 is 0. The van der Waals surface area contributed by atoms with Crippen molar-refractivity contribution >= 4 is 45.7 Å². The van der Waals surface area contributed by atoms with Crippen LogP contribution in [0.3, 0.4) is 0 Å². The lowest BCUT2D eigenvalue weighted by atomic mass is 9.94. The molecule has 3 amide bonds. The van der Waals surface area contributed by atoms with Crippen LogP contribution in [0.2, 0.25) is 0 Å². The topological polar surface area (TPSA) is 73.5 Å². The van der Waals surface area contributed by atoms with Gasteiger partial charge in [0, 0.05) is 42.4 Å². The number of thioether (sulfide) groups is 1. The molecule has 2 aromatic rings. The normalized spacial score (nSPS) is 18.7. The second-order valence-electron chi connectivity index (χ2n) is 7.82. The number of benzene rings is 1. The first-order valence-corrected chi connectivity index (χ1v) is 12.5. The van der Waals surface area contributed by atoms with Gasteiger partial charge in [0.15, 0.2) is 0 Å². The van der Waals surface area contributed by atoms with Gasteiger partial charge in [0.2, 0.25) is 0 Å². The molecular weight excluding hydrogens is 416 g/mol. The average Bonchev–Trinajstić information content (AvgIpc) is 3.44. The molecule has 2 heterocycles. The summed E-state index contributed by atoms with van der Waals surface area (Å²) in [4.78, 5) is 28.1. The Kier molecular flexibility index (Phi) is 6.97. The monoisotopic (exact) mass is 444 g/mol. The summed E-state index contributed by atoms with van der Waals surface area (Å²) in [6, 6.07) is 12.5. The molecule has 8 heteroatoms. The fraction of sp³-hybridized carbons (Fsp3) is 0.455. The maximum absolute atomic E-state index is 12.8. The van der Waals surface area contributed by atoms with E-state index in [9.17, 15) is 9.59 Å². The fourth-order valence-corrected chi connectivity index (χ4v) is 6.05. The smallest absolute Gasteiger partial charge is 0.324 e. The van der Waals surface area contributed by atoms with Gasteiger partial charge in [0.25, 0.3) is 5.91 Å². The minimum atomic E-state index is -0.317. The van der Waals surface area contributed by atoms with Crippen LogP contribution in [0.5, 0.6) is 0 Å². The molecule has 30 heavy (non-hydrogen) atoms. The van der Waals surface area contributed by atoms with Gasteiger partial charge in [-0.05, 0) is 37.1 Å². The Bertz CT molecular complexity index is 859. The van der Waals surface area contributed by atoms with Gasteiger partial charge < -0.3 is 10.6 Å². The van der Waals surface area contributed by atoms with Crippen LogP contribution in [-0.2, 0) is 0 Å². The Labute approximate surface area is 185 Å². The molecule has 1 aromatic carbocycles. The van der Waals surface area contributed by atoms with Crippen LogP contribution in [0.25, 0.3) is 0 Å². The first-order valence-electron chi connectivity index (χ1n) is 10.5. The Balaban J connectivity index is 1.31. The van der Waals surface area contributed by atoms with Crippen LogP contribution in [0.4, 0.5) is 15.5 Å². The number of anilines is 2. The third-order valence-electron chi connectivity index (χ3n) is 5.89. The molecule has 4 rings (SSSR count). The lowest BCUT2D eigenvalue weighted by Crippen LogP contribution is -2.56. The number of nitrogens with one attached hydrogen (secondary N) is 3. The molecule has 2 aliphatic rings. The maximum atomic E-state index is 12.8. The first-order chi connectivity index (χ1) is 14.6. The molecule has 0 unspecified atom stereocenters. The molecule has 160 valence electrons. The number of rotatable bonds is 6. The highest BCUT2D eigenvalue weighted by Crippen LogP contribution is 2.36. The van der Waals surface area contributed by atoms with Gasteiger partial charge in [0.05, 0.1) is 9.88 Å². The van der Waals surface area contributed by atoms with E-state index in [1.54, 1.807) is 12.1 Å². The minimum Gasteiger partial charge on any atom is -0.349 e. The molecule has 0 bridgehead atoms. The average molecular weight is 445 g/mol. The van der Waals surface area contributed by atoms with Gasteiger partial charge >= 0.3 is 6.03 Å². The van der Waals surface area contributed by atoms with Gasteiger partial charge in [0.1, 0.15) is 0 Å². The lowest BCUT2D eigenvalue weighted by molar-refractivity contribution is 0.0820. The summed E-state index contributed by atoms with van der Waals surface area (Å²) in [7, 11) is 0. The molecule has 1 saturated heterocycles. The highest BCUT2D eigenvalue weighted by molar-refractivity contribution is 7.99. The van der Waals surface area contributed by atoms with E-state index in [0.717, 1.165) is 31.6 Å². The standard InChI is InChI=1S/C22H28N4O2S2/c27-20(23-16-22(10-4-5-11-22)26-12-14-29-15-13-26)18-8-9-19(30-18)25-21(28)24-17-6-2-1-3-7-17/h1-3,6-9H,4-5,10-16H2,(H,23,27)(H2,24,25,28). The summed E-state index contributed by atoms with van der Waals surface area (Å²) in [5, 5.41) is 9.41. The molecule has 1 saturated carbocycles. The maximum Gasteiger partial charge on any atom is 0.324 e. The zero-order valence-corrected chi connectivity index (χ0v) is 18.6. The number of para-hydroxylation sites is 1. The van der Waals surface area contributed by atoms with E-state index in [1.807, 2.05) is 42.1 Å². The van der Waals surface area contributed by atoms with E-state index in [4.69, 9.17) is 0 Å². The highest BCUT2D eigenvalue weighted by Gasteiger charge is 2.40. The van der Waals surface area contributed by atoms with Crippen LogP contribution in [0, 0.1) is 0 Å². The molecule has 2 fully saturated rings. The van der Waals surface area contributed by atoms with Gasteiger partial charge in [-0.15, -0.1) is 11.3 Å². The highest BCUT2D eigenvalue weighted by atomic mass is 32.2. The van der Waals surface area contributed by atoms with Crippen LogP contribution in [0.15, 0.2) is 42.5 Å². The second-order valence-corrected chi connectivity index (χ2v) is 10.1. The Morgan fingerprint density at radius 1 is 0.967 bits per heavy atom. The Morgan fingerprint density at radius 2 is 1.70 bits per heavy atom. The molecule has 1 aliphatic carbocycles. The molecule has 1 aromatic heterocycles. The van der Waals surface area contributed by atoms with Crippen molar-refractivity contribution in [2.45, 2.75) is 31.2 Å². The van der Waals surface area contributed by atoms with Crippen molar-refractivity contribution in [1.82, 2.24) is 10.2 Å². The van der Waals surface area contributed by atoms with E-state index in [2.05, 4.69) is 20.9 Å². The van der Waals surface area contributed by atoms with Gasteiger partial charge in [-0.2, -0.15) is 11.8 Å². The number of hydrogen-bond acceptors (Lipinski definition) is 5. The minimum absolute atomic E-state index is 0.0609. The summed E-state index contributed by atoms with van der Waals surface area (Å²) in [5.41, 5.74) is 0.840. The van der Waals surface area contributed by atoms with Crippen molar-refractivity contribution in [3.8, 4) is 0 Å². The number of carbonyl (C=O) groups is 2. The molecule has 0 radical (unpaired) electrons. The van der Waals surface area contributed by atoms with E-state index < -0.39 is 0 Å². The zero-order chi connectivity index (χ0) is 20.8. The zero-order valence-electron chi connectivity index (χ0n) is 17.0. The number of urea groups is 1. The lowest BCUT2D eigenvalue weighted by Gasteiger charge is -2.43. The van der Waals surface area contributed by atoms with Crippen molar-refractivity contribution < 1.29 is 9.59 Å². The van der Waals surface area contributed by atoms with Crippen LogP contribution in [0.1, 0.15) is 35.4 Å². The Morgan fingerprint density at radius 3 is 2.43 bits per heavy atom. The van der Waals surface area contributed by atoms with Crippen molar-refractivity contribution in [1.29, 1.82) is 0 Å². The number of thiophene rings is 1. The van der Waals surface area contributed by atoms with Crippen molar-refractivity contribution in [3.63, 3.8) is 0 Å². The predicted octanol–water partition coefficient (Wildman–Crippen LogP) is 4.48. The molecule has 1 aliphatic heterocycles. The first kappa shape index (κ1) is 21.2. The number of hydrogen-bond donors (Lipinski definition) is 3. The summed E-state index contributed by atoms with van der Waals surface area (Å²) >= 11 is 3.31. The predicted molar refractivity (Wildman–Crippen MR) is 126 cm³/mol. The third kappa shape index (κ3) is 5.17. The Hall–Kier alpha value is -2.03. The third-order valence-corrected chi connectivity index (χ3v) is 7.83. The van der Waals surface area contributed by atoms with Crippen LogP contribution in [-0.4, -0.2) is 53.5 Å². The summed E-state index contributed by atoms with van der Waals surface area (Å²) in [6.45, 7) is 2.93. The molecule has 6 nitrogen and oxygen atoms in total. The van der Waals surface area contributed by atoms with Crippen molar-refractivity contribution in [2.75, 3.05) is 41.8 Å². The SMILES string of the molecule is O=C(Nc1ccccc1)Nc1ccc(C(=O)NCC2(N3CCSCC3)CCCC2)s1. The fourth-order valence-electron chi connectivity index (χ4n) is 4.33. The van der Waals surface area contributed by atoms with Gasteiger partial charge in [-0.1, -0.05) is 31.0 Å². The van der Waals surface area contributed by atoms with E-state index in [1.165, 1.54) is 35.7 Å². The van der Waals surface area contributed by atoms with Crippen LogP contribution < -0.4 is 16.0 Å². The number of amides is 3. The molecular formula is C22H28N4O2S2. The molecule has 3 N–H and O–H groups in total. The quantitative estimate of drug-likeness (QED) is 0.614. The van der Waals surface area contributed by atoms with Gasteiger partial charge in [-0.25, -0.2) is 4.79 Å². The number of nitrogens with zero attached hydrogens (tertiary/aromatic N) is 1. The van der Waals surface area contributed by atoms with Crippen LogP contribution >= 0.6 is 23.1 Å². The largest absolute Gasteiger partial charge is 0.349 e. The van der Waals surface area contributed by atoms with Crippen molar-refractivity contribution in [2.24, 2.45) is 0 Å². The molecule has 0 atom stereocenters. The molecule has 0 spiro atoms. The van der Waals surface area contributed by atoms with Gasteiger partial charge in [-0.3, -0.25) is 15.0 Å². The second kappa shape index (κ2) is 9.85. The number of carbonyl (C=O) groups excluding carboxylic acids is 2. The summed E-state index contributed by atoms with van der Waals surface area (Å²) in [6.07, 6.45) is 4.80. The summed E-state index contributed by atoms with van der Waals surface area (Å²) in [5.74, 6) is 2.30. The van der Waals surface area contributed by atoms with E-state index in [0.29, 0.717) is 16.4 Å².